The molecule has 1 saturated heterocycles. The Balaban J connectivity index is 0.000000603. The number of pyridine rings is 1. The van der Waals surface area contributed by atoms with Crippen molar-refractivity contribution >= 4 is 23.5 Å². The minimum atomic E-state index is -0.985. The number of ketones is 1. The quantitative estimate of drug-likeness (QED) is 0.278. The molecule has 11 heteroatoms. The fourth-order valence-corrected chi connectivity index (χ4v) is 4.06. The van der Waals surface area contributed by atoms with Crippen LogP contribution in [0.2, 0.25) is 0 Å². The number of carbonyl (C=O) groups excluding carboxylic acids is 4. The Morgan fingerprint density at radius 2 is 1.64 bits per heavy atom. The van der Waals surface area contributed by atoms with E-state index >= 15 is 0 Å². The van der Waals surface area contributed by atoms with Gasteiger partial charge in [0.05, 0.1) is 19.2 Å². The van der Waals surface area contributed by atoms with E-state index < -0.39 is 35.4 Å². The Morgan fingerprint density at radius 1 is 0.976 bits per heavy atom. The zero-order valence-electron chi connectivity index (χ0n) is 24.7. The number of hydrogen-bond donors (Lipinski definition) is 3. The highest BCUT2D eigenvalue weighted by Crippen LogP contribution is 2.29. The van der Waals surface area contributed by atoms with Gasteiger partial charge in [0.15, 0.2) is 11.5 Å². The van der Waals surface area contributed by atoms with Gasteiger partial charge in [0.1, 0.15) is 17.4 Å². The lowest BCUT2D eigenvalue weighted by Gasteiger charge is -2.22. The number of benzene rings is 1. The SMILES string of the molecule is Cc1cc(C(=O)NC(Cc2ccncc2)C(=O)NCC(=O)N[C@@H](CC(C)C)C(=O)[C@@]2(C)CO2)no1.Cc1ccccc1. The van der Waals surface area contributed by atoms with E-state index in [2.05, 4.69) is 45.1 Å². The molecule has 3 N–H and O–H groups in total. The molecule has 1 aliphatic rings. The summed E-state index contributed by atoms with van der Waals surface area (Å²) in [6.45, 7) is 9.30. The molecule has 0 bridgehead atoms. The maximum atomic E-state index is 12.9. The average molecular weight is 578 g/mol. The fourth-order valence-electron chi connectivity index (χ4n) is 4.06. The van der Waals surface area contributed by atoms with Crippen molar-refractivity contribution in [3.8, 4) is 0 Å². The second-order valence-corrected chi connectivity index (χ2v) is 10.9. The molecule has 4 rings (SSSR count). The summed E-state index contributed by atoms with van der Waals surface area (Å²) >= 11 is 0. The highest BCUT2D eigenvalue weighted by atomic mass is 16.6. The van der Waals surface area contributed by atoms with Crippen LogP contribution in [0.15, 0.2) is 65.4 Å². The molecule has 224 valence electrons. The molecule has 3 amide bonds. The monoisotopic (exact) mass is 577 g/mol. The van der Waals surface area contributed by atoms with Crippen LogP contribution in [0, 0.1) is 19.8 Å². The Bertz CT molecular complexity index is 1340. The smallest absolute Gasteiger partial charge is 0.274 e. The molecule has 11 nitrogen and oxygen atoms in total. The van der Waals surface area contributed by atoms with Crippen molar-refractivity contribution in [3.05, 3.63) is 83.5 Å². The van der Waals surface area contributed by atoms with Gasteiger partial charge in [-0.15, -0.1) is 0 Å². The number of hydrogen-bond acceptors (Lipinski definition) is 8. The number of nitrogens with zero attached hydrogens (tertiary/aromatic N) is 2. The lowest BCUT2D eigenvalue weighted by molar-refractivity contribution is -0.131. The van der Waals surface area contributed by atoms with Crippen LogP contribution in [0.3, 0.4) is 0 Å². The third-order valence-electron chi connectivity index (χ3n) is 6.49. The van der Waals surface area contributed by atoms with Crippen molar-refractivity contribution in [3.63, 3.8) is 0 Å². The third-order valence-corrected chi connectivity index (χ3v) is 6.49. The second kappa shape index (κ2) is 15.0. The summed E-state index contributed by atoms with van der Waals surface area (Å²) in [4.78, 5) is 54.8. The summed E-state index contributed by atoms with van der Waals surface area (Å²) in [7, 11) is 0. The van der Waals surface area contributed by atoms with Crippen LogP contribution < -0.4 is 16.0 Å². The number of aryl methyl sites for hydroxylation is 2. The molecule has 1 unspecified atom stereocenters. The minimum absolute atomic E-state index is 0.0404. The number of rotatable bonds is 12. The first-order valence-corrected chi connectivity index (χ1v) is 13.9. The van der Waals surface area contributed by atoms with Crippen molar-refractivity contribution in [2.45, 2.75) is 65.1 Å². The van der Waals surface area contributed by atoms with Gasteiger partial charge in [-0.3, -0.25) is 24.2 Å². The number of Topliss-reactive ketones (excluding diaryl/α,β-unsaturated/α-hetero) is 1. The number of nitrogens with one attached hydrogen (secondary N) is 3. The maximum Gasteiger partial charge on any atom is 0.274 e. The van der Waals surface area contributed by atoms with Crippen molar-refractivity contribution < 1.29 is 28.4 Å². The summed E-state index contributed by atoms with van der Waals surface area (Å²) < 4.78 is 10.2. The average Bonchev–Trinajstić information content (AvgIpc) is 3.56. The van der Waals surface area contributed by atoms with Crippen LogP contribution in [0.1, 0.15) is 54.6 Å². The lowest BCUT2D eigenvalue weighted by atomic mass is 9.93. The van der Waals surface area contributed by atoms with Crippen LogP contribution in [0.25, 0.3) is 0 Å². The number of epoxide rings is 1. The number of carbonyl (C=O) groups is 4. The minimum Gasteiger partial charge on any atom is -0.361 e. The van der Waals surface area contributed by atoms with E-state index in [1.54, 1.807) is 38.4 Å². The zero-order valence-corrected chi connectivity index (χ0v) is 24.7. The molecule has 1 aromatic carbocycles. The Kier molecular flexibility index (Phi) is 11.5. The Labute approximate surface area is 245 Å². The summed E-state index contributed by atoms with van der Waals surface area (Å²) in [5.41, 5.74) is 1.26. The molecule has 0 aliphatic carbocycles. The van der Waals surface area contributed by atoms with Crippen molar-refractivity contribution in [1.29, 1.82) is 0 Å². The molecule has 2 aromatic heterocycles. The second-order valence-electron chi connectivity index (χ2n) is 10.9. The molecule has 3 atom stereocenters. The van der Waals surface area contributed by atoms with E-state index in [0.717, 1.165) is 5.56 Å². The molecule has 3 heterocycles. The topological polar surface area (TPSA) is 156 Å². The van der Waals surface area contributed by atoms with Crippen molar-refractivity contribution in [1.82, 2.24) is 26.1 Å². The molecule has 0 spiro atoms. The first-order chi connectivity index (χ1) is 20.0. The Morgan fingerprint density at radius 3 is 2.17 bits per heavy atom. The number of ether oxygens (including phenoxy) is 1. The summed E-state index contributed by atoms with van der Waals surface area (Å²) in [5.74, 6) is -1.21. The largest absolute Gasteiger partial charge is 0.361 e. The highest BCUT2D eigenvalue weighted by molar-refractivity contribution is 5.98. The zero-order chi connectivity index (χ0) is 30.7. The molecule has 0 radical (unpaired) electrons. The van der Waals surface area contributed by atoms with Crippen LogP contribution >= 0.6 is 0 Å². The molecule has 0 saturated carbocycles. The van der Waals surface area contributed by atoms with Gasteiger partial charge in [0, 0.05) is 24.9 Å². The third kappa shape index (κ3) is 10.2. The van der Waals surface area contributed by atoms with E-state index in [0.29, 0.717) is 18.8 Å². The van der Waals surface area contributed by atoms with E-state index in [-0.39, 0.29) is 30.4 Å². The van der Waals surface area contributed by atoms with E-state index in [1.807, 2.05) is 32.0 Å². The van der Waals surface area contributed by atoms with E-state index in [9.17, 15) is 19.2 Å². The fraction of sp³-hybridized carbons (Fsp3) is 0.419. The number of aromatic nitrogens is 2. The van der Waals surface area contributed by atoms with Crippen LogP contribution in [0.4, 0.5) is 0 Å². The van der Waals surface area contributed by atoms with E-state index in [4.69, 9.17) is 9.26 Å². The molecular formula is C31H39N5O6. The highest BCUT2D eigenvalue weighted by Gasteiger charge is 2.50. The van der Waals surface area contributed by atoms with Gasteiger partial charge in [0.2, 0.25) is 11.8 Å². The predicted octanol–water partition coefficient (Wildman–Crippen LogP) is 2.72. The van der Waals surface area contributed by atoms with Crippen LogP contribution in [0.5, 0.6) is 0 Å². The summed E-state index contributed by atoms with van der Waals surface area (Å²) in [5, 5.41) is 11.6. The first-order valence-electron chi connectivity index (χ1n) is 13.9. The van der Waals surface area contributed by atoms with Gasteiger partial charge in [-0.2, -0.15) is 0 Å². The van der Waals surface area contributed by atoms with Gasteiger partial charge >= 0.3 is 0 Å². The summed E-state index contributed by atoms with van der Waals surface area (Å²) in [6, 6.07) is 13.5. The van der Waals surface area contributed by atoms with Crippen molar-refractivity contribution in [2.75, 3.05) is 13.2 Å². The van der Waals surface area contributed by atoms with Gasteiger partial charge in [0.25, 0.3) is 5.91 Å². The van der Waals surface area contributed by atoms with Crippen LogP contribution in [-0.4, -0.2) is 64.5 Å². The lowest BCUT2D eigenvalue weighted by Crippen LogP contribution is -2.52. The Hall–Kier alpha value is -4.38. The maximum absolute atomic E-state index is 12.9. The van der Waals surface area contributed by atoms with Gasteiger partial charge < -0.3 is 25.2 Å². The predicted molar refractivity (Wildman–Crippen MR) is 155 cm³/mol. The van der Waals surface area contributed by atoms with Crippen molar-refractivity contribution in [2.24, 2.45) is 5.92 Å². The standard InChI is InChI=1S/C24H31N5O6.C7H8/c1-14(2)9-17(21(31)24(4)13-34-24)27-20(30)12-26-22(32)18(11-16-5-7-25-8-6-16)28-23(33)19-10-15(3)35-29-19;1-7-5-3-2-4-6-7/h5-8,10,14,17-18H,9,11-13H2,1-4H3,(H,26,32)(H,27,30)(H,28,33);2-6H,1H3/t17-,18?,24+;/m0./s1. The van der Waals surface area contributed by atoms with Gasteiger partial charge in [-0.1, -0.05) is 54.9 Å². The number of amides is 3. The molecule has 3 aromatic rings. The summed E-state index contributed by atoms with van der Waals surface area (Å²) in [6.07, 6.45) is 3.78. The van der Waals surface area contributed by atoms with Gasteiger partial charge in [-0.25, -0.2) is 0 Å². The van der Waals surface area contributed by atoms with E-state index in [1.165, 1.54) is 11.6 Å². The molecule has 1 aliphatic heterocycles. The molecule has 42 heavy (non-hydrogen) atoms. The molecule has 1 fully saturated rings. The first kappa shape index (κ1) is 32.1. The normalized spacial score (nSPS) is 16.8. The van der Waals surface area contributed by atoms with Crippen LogP contribution in [-0.2, 0) is 25.5 Å². The molecular weight excluding hydrogens is 538 g/mol. The van der Waals surface area contributed by atoms with Gasteiger partial charge in [-0.05, 0) is 50.8 Å².